The first kappa shape index (κ1) is 22.1. The molecule has 0 amide bonds. The quantitative estimate of drug-likeness (QED) is 0.307. The van der Waals surface area contributed by atoms with Gasteiger partial charge in [-0.25, -0.2) is 14.5 Å². The smallest absolute Gasteiger partial charge is 0.427 e. The van der Waals surface area contributed by atoms with E-state index in [1.165, 1.54) is 5.19 Å². The molecule has 0 N–H and O–H groups in total. The van der Waals surface area contributed by atoms with Crippen LogP contribution in [0, 0.1) is 0 Å². The third-order valence-electron chi connectivity index (χ3n) is 3.25. The van der Waals surface area contributed by atoms with Gasteiger partial charge in [-0.3, -0.25) is 4.89 Å². The van der Waals surface area contributed by atoms with Crippen molar-refractivity contribution in [1.82, 2.24) is 0 Å². The standard InChI is InChI=1S/C18H28O7Si/c1-13(12-21-18(2,3)4)22-17(20)24-25-23-16(19)14-8-10-15(11-9-14)26(5,6)7/h8-11,13H,12H2,1-7H3. The van der Waals surface area contributed by atoms with Crippen LogP contribution in [-0.2, 0) is 24.3 Å². The van der Waals surface area contributed by atoms with Gasteiger partial charge >= 0.3 is 12.1 Å². The molecule has 0 aliphatic heterocycles. The Morgan fingerprint density at radius 1 is 1.04 bits per heavy atom. The molecule has 0 aliphatic rings. The van der Waals surface area contributed by atoms with Gasteiger partial charge in [0.1, 0.15) is 6.10 Å². The zero-order chi connectivity index (χ0) is 20.0. The van der Waals surface area contributed by atoms with Crippen LogP contribution in [-0.4, -0.2) is 38.5 Å². The summed E-state index contributed by atoms with van der Waals surface area (Å²) in [6.45, 7) is 14.1. The maximum atomic E-state index is 11.8. The van der Waals surface area contributed by atoms with Gasteiger partial charge in [0.15, 0.2) is 0 Å². The van der Waals surface area contributed by atoms with Crippen LogP contribution in [0.2, 0.25) is 19.6 Å². The summed E-state index contributed by atoms with van der Waals surface area (Å²) in [5.74, 6) is -0.774. The molecule has 0 spiro atoms. The predicted molar refractivity (Wildman–Crippen MR) is 98.7 cm³/mol. The molecule has 26 heavy (non-hydrogen) atoms. The molecule has 146 valence electrons. The summed E-state index contributed by atoms with van der Waals surface area (Å²) < 4.78 is 10.4. The highest BCUT2D eigenvalue weighted by atomic mass is 28.3. The average molecular weight is 385 g/mol. The number of ether oxygens (including phenoxy) is 2. The maximum Gasteiger partial charge on any atom is 0.543 e. The number of carbonyl (C=O) groups is 2. The monoisotopic (exact) mass is 384 g/mol. The molecule has 0 heterocycles. The van der Waals surface area contributed by atoms with Crippen LogP contribution in [0.1, 0.15) is 38.1 Å². The lowest BCUT2D eigenvalue weighted by Crippen LogP contribution is -2.37. The van der Waals surface area contributed by atoms with E-state index in [9.17, 15) is 9.59 Å². The zero-order valence-corrected chi connectivity index (χ0v) is 17.5. The molecular formula is C18H28O7Si. The summed E-state index contributed by atoms with van der Waals surface area (Å²) in [7, 11) is -1.45. The molecule has 1 unspecified atom stereocenters. The number of hydrogen-bond acceptors (Lipinski definition) is 7. The van der Waals surface area contributed by atoms with E-state index in [4.69, 9.17) is 9.47 Å². The Morgan fingerprint density at radius 2 is 1.62 bits per heavy atom. The summed E-state index contributed by atoms with van der Waals surface area (Å²) in [5, 5.41) is 5.41. The summed E-state index contributed by atoms with van der Waals surface area (Å²) in [5.41, 5.74) is -0.0607. The first-order chi connectivity index (χ1) is 11.9. The number of carbonyl (C=O) groups excluding carboxylic acids is 2. The highest BCUT2D eigenvalue weighted by Gasteiger charge is 2.19. The van der Waals surface area contributed by atoms with Crippen molar-refractivity contribution in [2.24, 2.45) is 0 Å². The lowest BCUT2D eigenvalue weighted by molar-refractivity contribution is -0.453. The van der Waals surface area contributed by atoms with Gasteiger partial charge in [0, 0.05) is 0 Å². The molecule has 0 radical (unpaired) electrons. The van der Waals surface area contributed by atoms with E-state index in [-0.39, 0.29) is 17.8 Å². The Labute approximate surface area is 155 Å². The van der Waals surface area contributed by atoms with Crippen molar-refractivity contribution < 1.29 is 33.9 Å². The van der Waals surface area contributed by atoms with Gasteiger partial charge in [-0.15, -0.1) is 0 Å². The number of hydrogen-bond donors (Lipinski definition) is 0. The number of rotatable bonds is 7. The fraction of sp³-hybridized carbons (Fsp3) is 0.556. The van der Waals surface area contributed by atoms with Gasteiger partial charge in [0.2, 0.25) is 0 Å². The summed E-state index contributed by atoms with van der Waals surface area (Å²) in [6, 6.07) is 7.05. The Bertz CT molecular complexity index is 599. The highest BCUT2D eigenvalue weighted by Crippen LogP contribution is 2.09. The fourth-order valence-electron chi connectivity index (χ4n) is 1.82. The summed E-state index contributed by atoms with van der Waals surface area (Å²) in [6.07, 6.45) is -1.67. The largest absolute Gasteiger partial charge is 0.543 e. The van der Waals surface area contributed by atoms with E-state index in [0.717, 1.165) is 0 Å². The Kier molecular flexibility index (Phi) is 7.80. The molecular weight excluding hydrogens is 356 g/mol. The van der Waals surface area contributed by atoms with Gasteiger partial charge in [0.25, 0.3) is 0 Å². The third kappa shape index (κ3) is 8.46. The Morgan fingerprint density at radius 3 is 2.12 bits per heavy atom. The molecule has 1 aromatic carbocycles. The lowest BCUT2D eigenvalue weighted by Gasteiger charge is -2.22. The van der Waals surface area contributed by atoms with E-state index in [0.29, 0.717) is 0 Å². The molecule has 0 aromatic heterocycles. The van der Waals surface area contributed by atoms with E-state index < -0.39 is 26.3 Å². The molecule has 7 nitrogen and oxygen atoms in total. The van der Waals surface area contributed by atoms with Gasteiger partial charge in [0.05, 0.1) is 30.9 Å². The maximum absolute atomic E-state index is 11.8. The molecule has 1 rings (SSSR count). The minimum atomic E-state index is -1.45. The van der Waals surface area contributed by atoms with Crippen molar-refractivity contribution >= 4 is 25.4 Å². The first-order valence-corrected chi connectivity index (χ1v) is 11.9. The van der Waals surface area contributed by atoms with Crippen LogP contribution in [0.25, 0.3) is 0 Å². The van der Waals surface area contributed by atoms with Crippen molar-refractivity contribution in [1.29, 1.82) is 0 Å². The van der Waals surface area contributed by atoms with E-state index in [1.807, 2.05) is 32.9 Å². The summed E-state index contributed by atoms with van der Waals surface area (Å²) >= 11 is 0. The van der Waals surface area contributed by atoms with Crippen molar-refractivity contribution in [3.8, 4) is 0 Å². The molecule has 8 heteroatoms. The predicted octanol–water partition coefficient (Wildman–Crippen LogP) is 3.59. The minimum absolute atomic E-state index is 0.196. The van der Waals surface area contributed by atoms with E-state index in [1.54, 1.807) is 19.1 Å². The van der Waals surface area contributed by atoms with Crippen molar-refractivity contribution in [3.63, 3.8) is 0 Å². The summed E-state index contributed by atoms with van der Waals surface area (Å²) in [4.78, 5) is 32.0. The van der Waals surface area contributed by atoms with Crippen molar-refractivity contribution in [2.75, 3.05) is 6.61 Å². The van der Waals surface area contributed by atoms with Crippen LogP contribution in [0.4, 0.5) is 4.79 Å². The van der Waals surface area contributed by atoms with Crippen molar-refractivity contribution in [3.05, 3.63) is 29.8 Å². The van der Waals surface area contributed by atoms with Crippen molar-refractivity contribution in [2.45, 2.75) is 59.0 Å². The minimum Gasteiger partial charge on any atom is -0.427 e. The molecule has 0 aliphatic carbocycles. The number of benzene rings is 1. The van der Waals surface area contributed by atoms with Crippen LogP contribution in [0.3, 0.4) is 0 Å². The Balaban J connectivity index is 2.36. The lowest BCUT2D eigenvalue weighted by atomic mass is 10.2. The average Bonchev–Trinajstić information content (AvgIpc) is 2.51. The second-order valence-electron chi connectivity index (χ2n) is 7.95. The fourth-order valence-corrected chi connectivity index (χ4v) is 2.98. The van der Waals surface area contributed by atoms with Gasteiger partial charge in [-0.2, -0.15) is 0 Å². The zero-order valence-electron chi connectivity index (χ0n) is 16.5. The van der Waals surface area contributed by atoms with Crippen LogP contribution in [0.5, 0.6) is 0 Å². The second kappa shape index (κ2) is 9.16. The van der Waals surface area contributed by atoms with Crippen LogP contribution in [0.15, 0.2) is 24.3 Å². The van der Waals surface area contributed by atoms with Gasteiger partial charge < -0.3 is 9.47 Å². The van der Waals surface area contributed by atoms with Gasteiger partial charge in [-0.05, 0) is 39.8 Å². The normalized spacial score (nSPS) is 13.0. The second-order valence-corrected chi connectivity index (χ2v) is 13.0. The molecule has 0 bridgehead atoms. The molecule has 1 aromatic rings. The van der Waals surface area contributed by atoms with Crippen LogP contribution < -0.4 is 5.19 Å². The molecule has 1 atom stereocenters. The van der Waals surface area contributed by atoms with E-state index in [2.05, 4.69) is 34.5 Å². The highest BCUT2D eigenvalue weighted by molar-refractivity contribution is 6.88. The van der Waals surface area contributed by atoms with Gasteiger partial charge in [-0.1, -0.05) is 37.0 Å². The SMILES string of the molecule is CC(COC(C)(C)C)OC(=O)OOOC(=O)c1ccc([Si](C)(C)C)cc1. The Hall–Kier alpha value is -1.90. The molecule has 0 saturated heterocycles. The van der Waals surface area contributed by atoms with Crippen LogP contribution >= 0.6 is 0 Å². The van der Waals surface area contributed by atoms with E-state index >= 15 is 0 Å². The molecule has 0 fully saturated rings. The first-order valence-electron chi connectivity index (χ1n) is 8.39. The third-order valence-corrected chi connectivity index (χ3v) is 5.31. The molecule has 0 saturated carbocycles. The topological polar surface area (TPSA) is 80.3 Å².